The molecule has 0 aliphatic carbocycles. The molecule has 3 nitrogen and oxygen atoms in total. The average Bonchev–Trinajstić information content (AvgIpc) is 2.38. The second-order valence-electron chi connectivity index (χ2n) is 4.06. The molecule has 0 fully saturated rings. The van der Waals surface area contributed by atoms with Crippen LogP contribution in [0.25, 0.3) is 0 Å². The molecule has 0 bridgehead atoms. The summed E-state index contributed by atoms with van der Waals surface area (Å²) in [6.45, 7) is 1.88. The minimum absolute atomic E-state index is 0.0587. The van der Waals surface area contributed by atoms with Gasteiger partial charge in [0.05, 0.1) is 0 Å². The molecule has 0 aromatic carbocycles. The summed E-state index contributed by atoms with van der Waals surface area (Å²) in [5, 5.41) is 0. The van der Waals surface area contributed by atoms with Crippen molar-refractivity contribution in [3.63, 3.8) is 0 Å². The molecular weight excluding hydrogens is 292 g/mol. The van der Waals surface area contributed by atoms with Crippen molar-refractivity contribution in [2.45, 2.75) is 19.8 Å². The standard InChI is InChI=1S/C14H13BrN2O/c1-10-3-2-4-13(17-10)14(18)8-7-12-6-5-11(15)9-16-12/h2-6,9H,7-8H2,1H3. The van der Waals surface area contributed by atoms with Gasteiger partial charge in [-0.25, -0.2) is 0 Å². The van der Waals surface area contributed by atoms with Crippen LogP contribution in [-0.4, -0.2) is 15.8 Å². The molecule has 2 aromatic rings. The van der Waals surface area contributed by atoms with Crippen LogP contribution < -0.4 is 0 Å². The molecule has 4 heteroatoms. The van der Waals surface area contributed by atoms with Crippen molar-refractivity contribution in [1.82, 2.24) is 9.97 Å². The Morgan fingerprint density at radius 3 is 2.78 bits per heavy atom. The van der Waals surface area contributed by atoms with Gasteiger partial charge in [-0.2, -0.15) is 0 Å². The van der Waals surface area contributed by atoms with E-state index < -0.39 is 0 Å². The fraction of sp³-hybridized carbons (Fsp3) is 0.214. The Labute approximate surface area is 114 Å². The first-order valence-corrected chi connectivity index (χ1v) is 6.52. The highest BCUT2D eigenvalue weighted by Crippen LogP contribution is 2.10. The molecule has 2 heterocycles. The molecule has 0 saturated heterocycles. The minimum atomic E-state index is 0.0587. The fourth-order valence-electron chi connectivity index (χ4n) is 1.62. The van der Waals surface area contributed by atoms with Crippen LogP contribution in [0.3, 0.4) is 0 Å². The Morgan fingerprint density at radius 1 is 1.28 bits per heavy atom. The van der Waals surface area contributed by atoms with Crippen molar-refractivity contribution < 1.29 is 4.79 Å². The van der Waals surface area contributed by atoms with Crippen LogP contribution in [0.4, 0.5) is 0 Å². The quantitative estimate of drug-likeness (QED) is 0.813. The van der Waals surface area contributed by atoms with Crippen molar-refractivity contribution in [1.29, 1.82) is 0 Å². The number of carbonyl (C=O) groups excluding carboxylic acids is 1. The fourth-order valence-corrected chi connectivity index (χ4v) is 1.86. The monoisotopic (exact) mass is 304 g/mol. The van der Waals surface area contributed by atoms with Gasteiger partial charge in [-0.15, -0.1) is 0 Å². The van der Waals surface area contributed by atoms with E-state index in [0.717, 1.165) is 15.9 Å². The summed E-state index contributed by atoms with van der Waals surface area (Å²) < 4.78 is 0.943. The molecule has 0 saturated carbocycles. The number of nitrogens with zero attached hydrogens (tertiary/aromatic N) is 2. The summed E-state index contributed by atoms with van der Waals surface area (Å²) >= 11 is 3.33. The molecule has 0 aliphatic rings. The van der Waals surface area contributed by atoms with E-state index >= 15 is 0 Å². The van der Waals surface area contributed by atoms with E-state index in [2.05, 4.69) is 25.9 Å². The van der Waals surface area contributed by atoms with Crippen LogP contribution in [0.2, 0.25) is 0 Å². The van der Waals surface area contributed by atoms with Crippen molar-refractivity contribution >= 4 is 21.7 Å². The molecule has 0 spiro atoms. The Balaban J connectivity index is 1.98. The average molecular weight is 305 g/mol. The molecule has 0 atom stereocenters. The van der Waals surface area contributed by atoms with Gasteiger partial charge < -0.3 is 0 Å². The topological polar surface area (TPSA) is 42.9 Å². The number of carbonyl (C=O) groups is 1. The van der Waals surface area contributed by atoms with E-state index in [-0.39, 0.29) is 5.78 Å². The number of aryl methyl sites for hydroxylation is 2. The predicted molar refractivity (Wildman–Crippen MR) is 73.6 cm³/mol. The Hall–Kier alpha value is -1.55. The first kappa shape index (κ1) is 12.9. The maximum Gasteiger partial charge on any atom is 0.181 e. The van der Waals surface area contributed by atoms with Crippen LogP contribution >= 0.6 is 15.9 Å². The molecule has 18 heavy (non-hydrogen) atoms. The first-order valence-electron chi connectivity index (χ1n) is 5.72. The molecule has 0 N–H and O–H groups in total. The molecule has 0 aliphatic heterocycles. The minimum Gasteiger partial charge on any atom is -0.292 e. The third kappa shape index (κ3) is 3.47. The molecule has 2 aromatic heterocycles. The molecule has 0 amide bonds. The maximum absolute atomic E-state index is 11.9. The van der Waals surface area contributed by atoms with Gasteiger partial charge in [0, 0.05) is 28.5 Å². The highest BCUT2D eigenvalue weighted by atomic mass is 79.9. The zero-order valence-electron chi connectivity index (χ0n) is 10.1. The van der Waals surface area contributed by atoms with Crippen LogP contribution in [0.5, 0.6) is 0 Å². The van der Waals surface area contributed by atoms with Gasteiger partial charge in [-0.3, -0.25) is 14.8 Å². The van der Waals surface area contributed by atoms with Crippen LogP contribution in [0.1, 0.15) is 28.3 Å². The Kier molecular flexibility index (Phi) is 4.20. The largest absolute Gasteiger partial charge is 0.292 e. The van der Waals surface area contributed by atoms with E-state index in [9.17, 15) is 4.79 Å². The van der Waals surface area contributed by atoms with E-state index in [4.69, 9.17) is 0 Å². The van der Waals surface area contributed by atoms with E-state index in [1.807, 2.05) is 31.2 Å². The van der Waals surface area contributed by atoms with E-state index in [1.54, 1.807) is 12.3 Å². The van der Waals surface area contributed by atoms with E-state index in [1.165, 1.54) is 0 Å². The Bertz CT molecular complexity index is 552. The van der Waals surface area contributed by atoms with Crippen molar-refractivity contribution in [2.24, 2.45) is 0 Å². The highest BCUT2D eigenvalue weighted by molar-refractivity contribution is 9.10. The second kappa shape index (κ2) is 5.87. The van der Waals surface area contributed by atoms with Crippen LogP contribution in [0, 0.1) is 6.92 Å². The zero-order chi connectivity index (χ0) is 13.0. The number of ketones is 1. The second-order valence-corrected chi connectivity index (χ2v) is 4.97. The van der Waals surface area contributed by atoms with Gasteiger partial charge in [-0.1, -0.05) is 6.07 Å². The zero-order valence-corrected chi connectivity index (χ0v) is 11.6. The third-order valence-corrected chi connectivity index (χ3v) is 3.04. The Morgan fingerprint density at radius 2 is 2.11 bits per heavy atom. The number of Topliss-reactive ketones (excluding diaryl/α,β-unsaturated/α-hetero) is 1. The van der Waals surface area contributed by atoms with Gasteiger partial charge >= 0.3 is 0 Å². The maximum atomic E-state index is 11.9. The number of halogens is 1. The number of pyridine rings is 2. The molecule has 92 valence electrons. The smallest absolute Gasteiger partial charge is 0.181 e. The lowest BCUT2D eigenvalue weighted by Gasteiger charge is -2.02. The van der Waals surface area contributed by atoms with Crippen molar-refractivity contribution in [2.75, 3.05) is 0 Å². The lowest BCUT2D eigenvalue weighted by Crippen LogP contribution is -2.05. The first-order chi connectivity index (χ1) is 8.65. The normalized spacial score (nSPS) is 10.3. The third-order valence-electron chi connectivity index (χ3n) is 2.57. The van der Waals surface area contributed by atoms with Gasteiger partial charge in [0.2, 0.25) is 0 Å². The lowest BCUT2D eigenvalue weighted by molar-refractivity contribution is 0.0977. The van der Waals surface area contributed by atoms with Crippen molar-refractivity contribution in [3.05, 3.63) is 58.1 Å². The summed E-state index contributed by atoms with van der Waals surface area (Å²) in [4.78, 5) is 20.4. The number of hydrogen-bond acceptors (Lipinski definition) is 3. The van der Waals surface area contributed by atoms with Crippen LogP contribution in [-0.2, 0) is 6.42 Å². The summed E-state index contributed by atoms with van der Waals surface area (Å²) in [6, 6.07) is 9.34. The number of aromatic nitrogens is 2. The van der Waals surface area contributed by atoms with Gasteiger partial charge in [0.25, 0.3) is 0 Å². The summed E-state index contributed by atoms with van der Waals surface area (Å²) in [5.41, 5.74) is 2.31. The number of hydrogen-bond donors (Lipinski definition) is 0. The van der Waals surface area contributed by atoms with Gasteiger partial charge in [-0.05, 0) is 53.5 Å². The van der Waals surface area contributed by atoms with E-state index in [0.29, 0.717) is 18.5 Å². The number of rotatable bonds is 4. The van der Waals surface area contributed by atoms with Gasteiger partial charge in [0.15, 0.2) is 5.78 Å². The molecular formula is C14H13BrN2O. The molecule has 0 radical (unpaired) electrons. The summed E-state index contributed by atoms with van der Waals surface area (Å²) in [6.07, 6.45) is 2.82. The van der Waals surface area contributed by atoms with Gasteiger partial charge in [0.1, 0.15) is 5.69 Å². The van der Waals surface area contributed by atoms with Crippen molar-refractivity contribution in [3.8, 4) is 0 Å². The van der Waals surface area contributed by atoms with Crippen LogP contribution in [0.15, 0.2) is 41.0 Å². The molecule has 2 rings (SSSR count). The lowest BCUT2D eigenvalue weighted by atomic mass is 10.1. The highest BCUT2D eigenvalue weighted by Gasteiger charge is 2.08. The SMILES string of the molecule is Cc1cccc(C(=O)CCc2ccc(Br)cn2)n1. The summed E-state index contributed by atoms with van der Waals surface area (Å²) in [7, 11) is 0. The predicted octanol–water partition coefficient (Wildman–Crippen LogP) is 3.36. The summed E-state index contributed by atoms with van der Waals surface area (Å²) in [5.74, 6) is 0.0587. The molecule has 0 unspecified atom stereocenters.